The third-order valence-electron chi connectivity index (χ3n) is 5.29. The van der Waals surface area contributed by atoms with Crippen LogP contribution < -0.4 is 5.32 Å². The summed E-state index contributed by atoms with van der Waals surface area (Å²) in [5.74, 6) is 0.0657. The second kappa shape index (κ2) is 9.52. The zero-order chi connectivity index (χ0) is 20.9. The van der Waals surface area contributed by atoms with Crippen molar-refractivity contribution in [2.75, 3.05) is 31.9 Å². The van der Waals surface area contributed by atoms with Crippen molar-refractivity contribution in [3.8, 4) is 0 Å². The van der Waals surface area contributed by atoms with Gasteiger partial charge in [0.2, 0.25) is 10.0 Å². The zero-order valence-corrected chi connectivity index (χ0v) is 17.9. The highest BCUT2D eigenvalue weighted by Crippen LogP contribution is 2.13. The molecule has 2 aromatic carbocycles. The van der Waals surface area contributed by atoms with E-state index in [1.54, 1.807) is 11.2 Å². The summed E-state index contributed by atoms with van der Waals surface area (Å²) in [6.45, 7) is 7.50. The van der Waals surface area contributed by atoms with Crippen molar-refractivity contribution in [3.63, 3.8) is 0 Å². The molecule has 7 heteroatoms. The summed E-state index contributed by atoms with van der Waals surface area (Å²) in [4.78, 5) is 14.6. The quantitative estimate of drug-likeness (QED) is 0.754. The number of carbonyl (C=O) groups excluding carboxylic acids is 1. The monoisotopic (exact) mass is 415 g/mol. The average molecular weight is 416 g/mol. The Morgan fingerprint density at radius 1 is 0.931 bits per heavy atom. The molecule has 0 atom stereocenters. The third-order valence-corrected chi connectivity index (χ3v) is 7.17. The van der Waals surface area contributed by atoms with E-state index in [-0.39, 0.29) is 11.7 Å². The first-order valence-corrected chi connectivity index (χ1v) is 11.6. The molecule has 2 aromatic rings. The van der Waals surface area contributed by atoms with Gasteiger partial charge in [0, 0.05) is 44.8 Å². The molecule has 0 aromatic heterocycles. The maximum absolute atomic E-state index is 12.4. The van der Waals surface area contributed by atoms with E-state index in [9.17, 15) is 13.2 Å². The van der Waals surface area contributed by atoms with Gasteiger partial charge in [-0.05, 0) is 37.1 Å². The molecular formula is C22H29N3O3S. The minimum absolute atomic E-state index is 0.0875. The maximum Gasteiger partial charge on any atom is 0.251 e. The summed E-state index contributed by atoms with van der Waals surface area (Å²) >= 11 is 0. The van der Waals surface area contributed by atoms with Gasteiger partial charge in [-0.25, -0.2) is 8.42 Å². The lowest BCUT2D eigenvalue weighted by Gasteiger charge is -2.33. The van der Waals surface area contributed by atoms with Crippen LogP contribution in [0.3, 0.4) is 0 Å². The predicted molar refractivity (Wildman–Crippen MR) is 115 cm³/mol. The largest absolute Gasteiger partial charge is 0.348 e. The first kappa shape index (κ1) is 21.5. The van der Waals surface area contributed by atoms with E-state index in [0.717, 1.165) is 30.8 Å². The molecule has 1 N–H and O–H groups in total. The van der Waals surface area contributed by atoms with Crippen LogP contribution in [0.25, 0.3) is 0 Å². The molecule has 0 spiro atoms. The molecule has 3 rings (SSSR count). The summed E-state index contributed by atoms with van der Waals surface area (Å²) < 4.78 is 25.5. The van der Waals surface area contributed by atoms with Gasteiger partial charge in [-0.15, -0.1) is 0 Å². The number of hydrogen-bond acceptors (Lipinski definition) is 4. The molecule has 0 unspecified atom stereocenters. The lowest BCUT2D eigenvalue weighted by atomic mass is 10.1. The highest BCUT2D eigenvalue weighted by Gasteiger charge is 2.25. The molecular weight excluding hydrogens is 386 g/mol. The number of benzene rings is 2. The van der Waals surface area contributed by atoms with E-state index in [2.05, 4.69) is 10.2 Å². The number of rotatable bonds is 7. The normalized spacial score (nSPS) is 15.9. The topological polar surface area (TPSA) is 69.7 Å². The van der Waals surface area contributed by atoms with Crippen molar-refractivity contribution in [1.29, 1.82) is 0 Å². The van der Waals surface area contributed by atoms with Crippen molar-refractivity contribution in [1.82, 2.24) is 14.5 Å². The van der Waals surface area contributed by atoms with Crippen molar-refractivity contribution in [3.05, 3.63) is 70.8 Å². The molecule has 1 amide bonds. The Labute approximate surface area is 173 Å². The maximum atomic E-state index is 12.4. The van der Waals surface area contributed by atoms with E-state index in [1.807, 2.05) is 55.5 Å². The molecule has 156 valence electrons. The summed E-state index contributed by atoms with van der Waals surface area (Å²) in [5.41, 5.74) is 4.03. The Morgan fingerprint density at radius 3 is 2.10 bits per heavy atom. The van der Waals surface area contributed by atoms with E-state index in [0.29, 0.717) is 25.2 Å². The number of sulfonamides is 1. The van der Waals surface area contributed by atoms with E-state index < -0.39 is 10.0 Å². The van der Waals surface area contributed by atoms with Gasteiger partial charge in [-0.2, -0.15) is 4.31 Å². The minimum atomic E-state index is -3.10. The van der Waals surface area contributed by atoms with E-state index in [1.165, 1.54) is 5.56 Å². The van der Waals surface area contributed by atoms with Crippen LogP contribution in [0.2, 0.25) is 0 Å². The van der Waals surface area contributed by atoms with Gasteiger partial charge in [-0.1, -0.05) is 42.0 Å². The van der Waals surface area contributed by atoms with Crippen LogP contribution in [0.4, 0.5) is 0 Å². The summed E-state index contributed by atoms with van der Waals surface area (Å²) in [6.07, 6.45) is 0. The molecule has 1 fully saturated rings. The lowest BCUT2D eigenvalue weighted by Crippen LogP contribution is -2.48. The molecule has 1 aliphatic rings. The Kier molecular flexibility index (Phi) is 7.05. The van der Waals surface area contributed by atoms with Crippen LogP contribution in [0.1, 0.15) is 34.0 Å². The number of nitrogens with one attached hydrogen (secondary N) is 1. The first-order chi connectivity index (χ1) is 13.9. The summed E-state index contributed by atoms with van der Waals surface area (Å²) in [7, 11) is -3.10. The van der Waals surface area contributed by atoms with Crippen LogP contribution in [0.5, 0.6) is 0 Å². The Balaban J connectivity index is 1.48. The van der Waals surface area contributed by atoms with Crippen LogP contribution in [-0.4, -0.2) is 55.5 Å². The van der Waals surface area contributed by atoms with Crippen LogP contribution in [-0.2, 0) is 23.1 Å². The van der Waals surface area contributed by atoms with Gasteiger partial charge in [0.1, 0.15) is 0 Å². The smallest absolute Gasteiger partial charge is 0.251 e. The summed E-state index contributed by atoms with van der Waals surface area (Å²) in [5, 5.41) is 2.95. The van der Waals surface area contributed by atoms with Crippen molar-refractivity contribution >= 4 is 15.9 Å². The second-order valence-electron chi connectivity index (χ2n) is 7.44. The molecule has 1 aliphatic heterocycles. The van der Waals surface area contributed by atoms with Gasteiger partial charge in [0.25, 0.3) is 5.91 Å². The Morgan fingerprint density at radius 2 is 1.52 bits per heavy atom. The van der Waals surface area contributed by atoms with Crippen LogP contribution >= 0.6 is 0 Å². The molecule has 1 saturated heterocycles. The predicted octanol–water partition coefficient (Wildman–Crippen LogP) is 2.39. The standard InChI is InChI=1S/C22H29N3O3S/c1-3-29(27,28)25-14-12-24(13-15-25)17-20-8-10-21(11-9-20)22(26)23-16-19-6-4-18(2)5-7-19/h4-11H,3,12-17H2,1-2H3,(H,23,26). The van der Waals surface area contributed by atoms with E-state index in [4.69, 9.17) is 0 Å². The van der Waals surface area contributed by atoms with Gasteiger partial charge < -0.3 is 5.32 Å². The number of aryl methyl sites for hydroxylation is 1. The number of nitrogens with zero attached hydrogens (tertiary/aromatic N) is 2. The molecule has 0 radical (unpaired) electrons. The van der Waals surface area contributed by atoms with Gasteiger partial charge in [0.05, 0.1) is 5.75 Å². The number of amides is 1. The number of hydrogen-bond donors (Lipinski definition) is 1. The average Bonchev–Trinajstić information content (AvgIpc) is 2.74. The minimum Gasteiger partial charge on any atom is -0.348 e. The fraction of sp³-hybridized carbons (Fsp3) is 0.409. The van der Waals surface area contributed by atoms with Gasteiger partial charge in [0.15, 0.2) is 0 Å². The molecule has 29 heavy (non-hydrogen) atoms. The Bertz CT molecular complexity index is 917. The first-order valence-electron chi connectivity index (χ1n) is 10.0. The fourth-order valence-corrected chi connectivity index (χ4v) is 4.44. The molecule has 1 heterocycles. The van der Waals surface area contributed by atoms with Crippen molar-refractivity contribution in [2.24, 2.45) is 0 Å². The molecule has 6 nitrogen and oxygen atoms in total. The zero-order valence-electron chi connectivity index (χ0n) is 17.1. The number of piperazine rings is 1. The molecule has 0 saturated carbocycles. The SMILES string of the molecule is CCS(=O)(=O)N1CCN(Cc2ccc(C(=O)NCc3ccc(C)cc3)cc2)CC1. The van der Waals surface area contributed by atoms with Crippen LogP contribution in [0, 0.1) is 6.92 Å². The third kappa shape index (κ3) is 5.88. The van der Waals surface area contributed by atoms with Gasteiger partial charge >= 0.3 is 0 Å². The number of carbonyl (C=O) groups is 1. The lowest BCUT2D eigenvalue weighted by molar-refractivity contribution is 0.0951. The van der Waals surface area contributed by atoms with Gasteiger partial charge in [-0.3, -0.25) is 9.69 Å². The van der Waals surface area contributed by atoms with Crippen molar-refractivity contribution in [2.45, 2.75) is 26.9 Å². The molecule has 0 bridgehead atoms. The Hall–Kier alpha value is -2.22. The fourth-order valence-electron chi connectivity index (χ4n) is 3.36. The second-order valence-corrected chi connectivity index (χ2v) is 9.70. The highest BCUT2D eigenvalue weighted by molar-refractivity contribution is 7.89. The summed E-state index contributed by atoms with van der Waals surface area (Å²) in [6, 6.07) is 15.7. The van der Waals surface area contributed by atoms with Crippen LogP contribution in [0.15, 0.2) is 48.5 Å². The van der Waals surface area contributed by atoms with E-state index >= 15 is 0 Å². The highest BCUT2D eigenvalue weighted by atomic mass is 32.2. The molecule has 0 aliphatic carbocycles. The van der Waals surface area contributed by atoms with Crippen molar-refractivity contribution < 1.29 is 13.2 Å².